The van der Waals surface area contributed by atoms with Gasteiger partial charge in [0.15, 0.2) is 0 Å². The van der Waals surface area contributed by atoms with E-state index in [1.165, 1.54) is 11.1 Å². The van der Waals surface area contributed by atoms with Crippen LogP contribution in [0.3, 0.4) is 0 Å². The van der Waals surface area contributed by atoms with Crippen LogP contribution in [0.25, 0.3) is 0 Å². The molecule has 0 aliphatic carbocycles. The molecule has 0 spiro atoms. The van der Waals surface area contributed by atoms with E-state index in [1.54, 1.807) is 0 Å². The molecule has 2 aromatic rings. The van der Waals surface area contributed by atoms with E-state index in [4.69, 9.17) is 0 Å². The molecule has 2 N–H and O–H groups in total. The van der Waals surface area contributed by atoms with Gasteiger partial charge in [0.05, 0.1) is 0 Å². The van der Waals surface area contributed by atoms with Crippen molar-refractivity contribution in [3.8, 4) is 0 Å². The smallest absolute Gasteiger partial charge is 0.139 e. The minimum absolute atomic E-state index is 0.744. The van der Waals surface area contributed by atoms with Crippen LogP contribution in [0.1, 0.15) is 22.5 Å². The van der Waals surface area contributed by atoms with Crippen molar-refractivity contribution in [3.63, 3.8) is 0 Å². The molecule has 0 aliphatic rings. The second-order valence-electron chi connectivity index (χ2n) is 4.89. The molecule has 4 nitrogen and oxygen atoms in total. The lowest BCUT2D eigenvalue weighted by molar-refractivity contribution is 1.03. The quantitative estimate of drug-likeness (QED) is 0.880. The molecule has 1 aromatic heterocycles. The summed E-state index contributed by atoms with van der Waals surface area (Å²) in [5.74, 6) is 2.43. The topological polar surface area (TPSA) is 49.8 Å². The van der Waals surface area contributed by atoms with E-state index >= 15 is 0 Å². The van der Waals surface area contributed by atoms with Crippen LogP contribution in [0.15, 0.2) is 16.6 Å². The second-order valence-corrected chi connectivity index (χ2v) is 5.69. The van der Waals surface area contributed by atoms with E-state index in [9.17, 15) is 0 Å². The number of nitrogens with one attached hydrogen (secondary N) is 2. The van der Waals surface area contributed by atoms with Gasteiger partial charge in [-0.15, -0.1) is 0 Å². The molecule has 0 bridgehead atoms. The summed E-state index contributed by atoms with van der Waals surface area (Å²) in [6, 6.07) is 4.21. The zero-order valence-electron chi connectivity index (χ0n) is 12.4. The first-order valence-corrected chi connectivity index (χ1v) is 7.28. The highest BCUT2D eigenvalue weighted by Gasteiger charge is 2.09. The van der Waals surface area contributed by atoms with Crippen LogP contribution in [0.2, 0.25) is 0 Å². The average molecular weight is 335 g/mol. The molecule has 0 saturated carbocycles. The first-order valence-electron chi connectivity index (χ1n) is 6.49. The van der Waals surface area contributed by atoms with Crippen molar-refractivity contribution in [3.05, 3.63) is 39.1 Å². The molecule has 5 heteroatoms. The van der Waals surface area contributed by atoms with Gasteiger partial charge in [0.25, 0.3) is 0 Å². The van der Waals surface area contributed by atoms with Crippen molar-refractivity contribution >= 4 is 33.3 Å². The van der Waals surface area contributed by atoms with Crippen LogP contribution in [0, 0.1) is 27.7 Å². The van der Waals surface area contributed by atoms with Gasteiger partial charge in [-0.2, -0.15) is 0 Å². The molecular formula is C15H19BrN4. The third kappa shape index (κ3) is 2.93. The number of aromatic nitrogens is 2. The van der Waals surface area contributed by atoms with Crippen molar-refractivity contribution in [1.29, 1.82) is 0 Å². The summed E-state index contributed by atoms with van der Waals surface area (Å²) in [5, 5.41) is 6.48. The Kier molecular flexibility index (Phi) is 4.28. The van der Waals surface area contributed by atoms with Crippen molar-refractivity contribution in [2.45, 2.75) is 27.7 Å². The maximum atomic E-state index is 4.48. The third-order valence-corrected chi connectivity index (χ3v) is 4.44. The normalized spacial score (nSPS) is 10.5. The van der Waals surface area contributed by atoms with Gasteiger partial charge < -0.3 is 10.6 Å². The fourth-order valence-corrected chi connectivity index (χ4v) is 2.38. The van der Waals surface area contributed by atoms with Crippen LogP contribution in [-0.2, 0) is 0 Å². The van der Waals surface area contributed by atoms with Crippen LogP contribution in [-0.4, -0.2) is 17.0 Å². The Morgan fingerprint density at radius 1 is 0.950 bits per heavy atom. The lowest BCUT2D eigenvalue weighted by Gasteiger charge is -2.14. The third-order valence-electron chi connectivity index (χ3n) is 3.19. The predicted octanol–water partition coefficient (Wildman–Crippen LogP) is 4.26. The summed E-state index contributed by atoms with van der Waals surface area (Å²) < 4.78 is 1.15. The maximum Gasteiger partial charge on any atom is 0.139 e. The van der Waals surface area contributed by atoms with Crippen molar-refractivity contribution in [1.82, 2.24) is 9.97 Å². The highest BCUT2D eigenvalue weighted by atomic mass is 79.9. The lowest BCUT2D eigenvalue weighted by atomic mass is 10.1. The summed E-state index contributed by atoms with van der Waals surface area (Å²) in [6.45, 7) is 8.06. The van der Waals surface area contributed by atoms with E-state index in [-0.39, 0.29) is 0 Å². The highest BCUT2D eigenvalue weighted by Crippen LogP contribution is 2.28. The minimum Gasteiger partial charge on any atom is -0.373 e. The van der Waals surface area contributed by atoms with Crippen LogP contribution < -0.4 is 10.6 Å². The molecule has 20 heavy (non-hydrogen) atoms. The number of halogens is 1. The molecule has 1 heterocycles. The fourth-order valence-electron chi connectivity index (χ4n) is 2.15. The Morgan fingerprint density at radius 2 is 1.50 bits per heavy atom. The lowest BCUT2D eigenvalue weighted by Crippen LogP contribution is -2.05. The van der Waals surface area contributed by atoms with Gasteiger partial charge in [-0.25, -0.2) is 9.97 Å². The molecule has 0 fully saturated rings. The SMILES string of the molecule is CNc1nc(C)nc(Nc2cc(C)c(Br)c(C)c2)c1C. The van der Waals surface area contributed by atoms with Gasteiger partial charge in [0.1, 0.15) is 17.5 Å². The van der Waals surface area contributed by atoms with E-state index < -0.39 is 0 Å². The van der Waals surface area contributed by atoms with E-state index in [0.717, 1.165) is 33.2 Å². The van der Waals surface area contributed by atoms with Gasteiger partial charge in [-0.05, 0) is 51.0 Å². The molecule has 0 unspecified atom stereocenters. The van der Waals surface area contributed by atoms with Crippen molar-refractivity contribution in [2.75, 3.05) is 17.7 Å². The van der Waals surface area contributed by atoms with Gasteiger partial charge in [0, 0.05) is 22.8 Å². The molecule has 0 aliphatic heterocycles. The summed E-state index contributed by atoms with van der Waals surface area (Å²) in [6.07, 6.45) is 0. The maximum absolute atomic E-state index is 4.48. The summed E-state index contributed by atoms with van der Waals surface area (Å²) >= 11 is 3.58. The van der Waals surface area contributed by atoms with Gasteiger partial charge in [-0.1, -0.05) is 15.9 Å². The minimum atomic E-state index is 0.744. The Labute approximate surface area is 128 Å². The number of hydrogen-bond donors (Lipinski definition) is 2. The number of benzene rings is 1. The number of anilines is 3. The van der Waals surface area contributed by atoms with Crippen molar-refractivity contribution < 1.29 is 0 Å². The zero-order chi connectivity index (χ0) is 14.9. The van der Waals surface area contributed by atoms with E-state index in [1.807, 2.05) is 20.9 Å². The largest absolute Gasteiger partial charge is 0.373 e. The van der Waals surface area contributed by atoms with Gasteiger partial charge in [-0.3, -0.25) is 0 Å². The average Bonchev–Trinajstić information content (AvgIpc) is 2.39. The van der Waals surface area contributed by atoms with Crippen LogP contribution in [0.5, 0.6) is 0 Å². The summed E-state index contributed by atoms with van der Waals surface area (Å²) in [4.78, 5) is 8.86. The van der Waals surface area contributed by atoms with Crippen LogP contribution in [0.4, 0.5) is 17.3 Å². The van der Waals surface area contributed by atoms with Crippen molar-refractivity contribution in [2.24, 2.45) is 0 Å². The molecule has 2 rings (SSSR count). The zero-order valence-corrected chi connectivity index (χ0v) is 14.0. The standard InChI is InChI=1S/C15H19BrN4/c1-8-6-12(7-9(2)13(8)16)20-15-10(3)14(17-5)18-11(4)19-15/h6-7H,1-5H3,(H2,17,18,19,20). The summed E-state index contributed by atoms with van der Waals surface area (Å²) in [5.41, 5.74) is 4.44. The Bertz CT molecular complexity index is 630. The summed E-state index contributed by atoms with van der Waals surface area (Å²) in [7, 11) is 1.87. The number of aryl methyl sites for hydroxylation is 3. The fraction of sp³-hybridized carbons (Fsp3) is 0.333. The van der Waals surface area contributed by atoms with Gasteiger partial charge in [0.2, 0.25) is 0 Å². The molecule has 0 saturated heterocycles. The van der Waals surface area contributed by atoms with Gasteiger partial charge >= 0.3 is 0 Å². The molecular weight excluding hydrogens is 316 g/mol. The predicted molar refractivity (Wildman–Crippen MR) is 88.0 cm³/mol. The molecule has 106 valence electrons. The number of nitrogens with zero attached hydrogens (tertiary/aromatic N) is 2. The Hall–Kier alpha value is -1.62. The molecule has 0 amide bonds. The van der Waals surface area contributed by atoms with E-state index in [2.05, 4.69) is 62.5 Å². The number of rotatable bonds is 3. The Balaban J connectivity index is 2.42. The first kappa shape index (κ1) is 14.8. The van der Waals surface area contributed by atoms with Crippen LogP contribution >= 0.6 is 15.9 Å². The Morgan fingerprint density at radius 3 is 2.05 bits per heavy atom. The molecule has 0 atom stereocenters. The molecule has 1 aromatic carbocycles. The second kappa shape index (κ2) is 5.79. The highest BCUT2D eigenvalue weighted by molar-refractivity contribution is 9.10. The monoisotopic (exact) mass is 334 g/mol. The van der Waals surface area contributed by atoms with E-state index in [0.29, 0.717) is 0 Å². The molecule has 0 radical (unpaired) electrons. The number of hydrogen-bond acceptors (Lipinski definition) is 4. The first-order chi connectivity index (χ1) is 9.42.